The van der Waals surface area contributed by atoms with Gasteiger partial charge in [0, 0.05) is 6.54 Å². The lowest BCUT2D eigenvalue weighted by Crippen LogP contribution is -2.28. The molecule has 5 heteroatoms. The van der Waals surface area contributed by atoms with Gasteiger partial charge in [0.2, 0.25) is 10.0 Å². The molecule has 0 spiro atoms. The lowest BCUT2D eigenvalue weighted by Gasteiger charge is -2.12. The van der Waals surface area contributed by atoms with Gasteiger partial charge in [0.15, 0.2) is 0 Å². The number of sulfonamides is 1. The maximum Gasteiger partial charge on any atom is 0.240 e. The minimum atomic E-state index is -3.38. The van der Waals surface area contributed by atoms with Crippen LogP contribution in [0.3, 0.4) is 0 Å². The van der Waals surface area contributed by atoms with Crippen LogP contribution in [0.5, 0.6) is 0 Å². The highest BCUT2D eigenvalue weighted by Gasteiger charge is 2.23. The van der Waals surface area contributed by atoms with Gasteiger partial charge >= 0.3 is 0 Å². The summed E-state index contributed by atoms with van der Waals surface area (Å²) in [4.78, 5) is 0.352. The summed E-state index contributed by atoms with van der Waals surface area (Å²) in [5, 5.41) is 0. The van der Waals surface area contributed by atoms with Crippen LogP contribution in [0.2, 0.25) is 0 Å². The smallest absolute Gasteiger partial charge is 0.240 e. The molecule has 1 aliphatic carbocycles. The highest BCUT2D eigenvalue weighted by Crippen LogP contribution is 2.29. The van der Waals surface area contributed by atoms with Gasteiger partial charge in [-0.25, -0.2) is 13.1 Å². The van der Waals surface area contributed by atoms with Crippen molar-refractivity contribution >= 4 is 10.0 Å². The standard InChI is InChI=1S/C16H26N2O2S/c1-13-4-5-15(11-13)12-18-21(19,20)16-8-6-14(7-9-16)3-2-10-17/h6-9,13,15,18H,2-5,10-12,17H2,1H3. The first-order valence-electron chi connectivity index (χ1n) is 7.80. The van der Waals surface area contributed by atoms with E-state index in [0.29, 0.717) is 23.9 Å². The zero-order valence-corrected chi connectivity index (χ0v) is 13.5. The van der Waals surface area contributed by atoms with Gasteiger partial charge in [-0.3, -0.25) is 0 Å². The molecule has 0 aliphatic heterocycles. The van der Waals surface area contributed by atoms with Gasteiger partial charge in [0.1, 0.15) is 0 Å². The minimum Gasteiger partial charge on any atom is -0.330 e. The van der Waals surface area contributed by atoms with Gasteiger partial charge in [0.25, 0.3) is 0 Å². The Morgan fingerprint density at radius 3 is 2.52 bits per heavy atom. The first kappa shape index (κ1) is 16.5. The third kappa shape index (κ3) is 4.80. The molecule has 118 valence electrons. The van der Waals surface area contributed by atoms with Crippen LogP contribution in [0.15, 0.2) is 29.2 Å². The fraction of sp³-hybridized carbons (Fsp3) is 0.625. The number of nitrogens with two attached hydrogens (primary N) is 1. The molecule has 0 heterocycles. The van der Waals surface area contributed by atoms with E-state index in [9.17, 15) is 8.42 Å². The molecule has 3 N–H and O–H groups in total. The number of nitrogens with one attached hydrogen (secondary N) is 1. The van der Waals surface area contributed by atoms with Crippen LogP contribution in [-0.2, 0) is 16.4 Å². The van der Waals surface area contributed by atoms with Crippen LogP contribution >= 0.6 is 0 Å². The monoisotopic (exact) mass is 310 g/mol. The van der Waals surface area contributed by atoms with Gasteiger partial charge in [-0.15, -0.1) is 0 Å². The van der Waals surface area contributed by atoms with Crippen LogP contribution in [-0.4, -0.2) is 21.5 Å². The average Bonchev–Trinajstić information content (AvgIpc) is 2.89. The number of rotatable bonds is 7. The number of hydrogen-bond donors (Lipinski definition) is 2. The summed E-state index contributed by atoms with van der Waals surface area (Å²) in [6, 6.07) is 7.13. The lowest BCUT2D eigenvalue weighted by molar-refractivity contribution is 0.498. The van der Waals surface area contributed by atoms with E-state index in [1.807, 2.05) is 12.1 Å². The Morgan fingerprint density at radius 1 is 1.24 bits per heavy atom. The van der Waals surface area contributed by atoms with E-state index in [4.69, 9.17) is 5.73 Å². The first-order chi connectivity index (χ1) is 10.0. The molecule has 2 unspecified atom stereocenters. The van der Waals surface area contributed by atoms with Crippen molar-refractivity contribution in [3.8, 4) is 0 Å². The maximum absolute atomic E-state index is 12.3. The molecule has 1 aliphatic rings. The number of hydrogen-bond acceptors (Lipinski definition) is 3. The molecule has 21 heavy (non-hydrogen) atoms. The second-order valence-electron chi connectivity index (χ2n) is 6.17. The minimum absolute atomic E-state index is 0.352. The summed E-state index contributed by atoms with van der Waals surface area (Å²) in [5.74, 6) is 1.21. The van der Waals surface area contributed by atoms with Gasteiger partial charge in [-0.2, -0.15) is 0 Å². The Hall–Kier alpha value is -0.910. The molecule has 2 rings (SSSR count). The number of benzene rings is 1. The first-order valence-corrected chi connectivity index (χ1v) is 9.28. The largest absolute Gasteiger partial charge is 0.330 e. The Kier molecular flexibility index (Phi) is 5.79. The fourth-order valence-corrected chi connectivity index (χ4v) is 4.08. The van der Waals surface area contributed by atoms with E-state index in [-0.39, 0.29) is 0 Å². The number of aryl methyl sites for hydroxylation is 1. The van der Waals surface area contributed by atoms with Gasteiger partial charge in [-0.1, -0.05) is 25.5 Å². The second-order valence-corrected chi connectivity index (χ2v) is 7.94. The quantitative estimate of drug-likeness (QED) is 0.811. The fourth-order valence-electron chi connectivity index (χ4n) is 2.96. The van der Waals surface area contributed by atoms with E-state index in [0.717, 1.165) is 37.2 Å². The molecule has 1 aromatic carbocycles. The van der Waals surface area contributed by atoms with E-state index in [1.54, 1.807) is 12.1 Å². The van der Waals surface area contributed by atoms with Crippen LogP contribution < -0.4 is 10.5 Å². The molecular formula is C16H26N2O2S. The highest BCUT2D eigenvalue weighted by molar-refractivity contribution is 7.89. The summed E-state index contributed by atoms with van der Waals surface area (Å²) in [7, 11) is -3.38. The van der Waals surface area contributed by atoms with E-state index in [1.165, 1.54) is 6.42 Å². The molecular weight excluding hydrogens is 284 g/mol. The Balaban J connectivity index is 1.92. The van der Waals surface area contributed by atoms with Crippen molar-refractivity contribution < 1.29 is 8.42 Å². The van der Waals surface area contributed by atoms with E-state index < -0.39 is 10.0 Å². The van der Waals surface area contributed by atoms with Crippen molar-refractivity contribution in [2.75, 3.05) is 13.1 Å². The van der Waals surface area contributed by atoms with E-state index >= 15 is 0 Å². The highest BCUT2D eigenvalue weighted by atomic mass is 32.2. The molecule has 0 bridgehead atoms. The molecule has 0 aromatic heterocycles. The van der Waals surface area contributed by atoms with Gasteiger partial charge in [0.05, 0.1) is 4.90 Å². The maximum atomic E-state index is 12.3. The van der Waals surface area contributed by atoms with Crippen LogP contribution in [0.1, 0.15) is 38.2 Å². The Bertz CT molecular complexity index is 540. The summed E-state index contributed by atoms with van der Waals surface area (Å²) in [6.07, 6.45) is 5.28. The van der Waals surface area contributed by atoms with Crippen molar-refractivity contribution in [1.82, 2.24) is 4.72 Å². The molecule has 1 aromatic rings. The van der Waals surface area contributed by atoms with Crippen molar-refractivity contribution in [1.29, 1.82) is 0 Å². The third-order valence-electron chi connectivity index (χ3n) is 4.27. The second kappa shape index (κ2) is 7.38. The SMILES string of the molecule is CC1CCC(CNS(=O)(=O)c2ccc(CCCN)cc2)C1. The average molecular weight is 310 g/mol. The molecule has 1 saturated carbocycles. The van der Waals surface area contributed by atoms with Crippen LogP contribution in [0.4, 0.5) is 0 Å². The summed E-state index contributed by atoms with van der Waals surface area (Å²) < 4.78 is 27.3. The zero-order valence-electron chi connectivity index (χ0n) is 12.7. The molecule has 1 fully saturated rings. The van der Waals surface area contributed by atoms with Gasteiger partial charge in [-0.05, 0) is 61.8 Å². The van der Waals surface area contributed by atoms with Crippen molar-refractivity contribution in [2.24, 2.45) is 17.6 Å². The molecule has 0 amide bonds. The third-order valence-corrected chi connectivity index (χ3v) is 5.71. The predicted molar refractivity (Wildman–Crippen MR) is 85.5 cm³/mol. The lowest BCUT2D eigenvalue weighted by atomic mass is 10.1. The van der Waals surface area contributed by atoms with Gasteiger partial charge < -0.3 is 5.73 Å². The Morgan fingerprint density at radius 2 is 1.95 bits per heavy atom. The summed E-state index contributed by atoms with van der Waals surface area (Å²) in [5.41, 5.74) is 6.61. The molecule has 0 saturated heterocycles. The van der Waals surface area contributed by atoms with Crippen LogP contribution in [0, 0.1) is 11.8 Å². The van der Waals surface area contributed by atoms with E-state index in [2.05, 4.69) is 11.6 Å². The normalized spacial score (nSPS) is 22.6. The molecule has 2 atom stereocenters. The van der Waals surface area contributed by atoms with Crippen molar-refractivity contribution in [2.45, 2.75) is 43.9 Å². The molecule has 4 nitrogen and oxygen atoms in total. The summed E-state index contributed by atoms with van der Waals surface area (Å²) in [6.45, 7) is 3.44. The van der Waals surface area contributed by atoms with Crippen molar-refractivity contribution in [3.05, 3.63) is 29.8 Å². The Labute approximate surface area is 128 Å². The topological polar surface area (TPSA) is 72.2 Å². The van der Waals surface area contributed by atoms with Crippen LogP contribution in [0.25, 0.3) is 0 Å². The zero-order chi connectivity index (χ0) is 15.3. The summed E-state index contributed by atoms with van der Waals surface area (Å²) >= 11 is 0. The molecule has 0 radical (unpaired) electrons. The van der Waals surface area contributed by atoms with Crippen molar-refractivity contribution in [3.63, 3.8) is 0 Å². The predicted octanol–water partition coefficient (Wildman–Crippen LogP) is 2.29.